The standard InChI is InChI=1S/C29H40ClN3O/c1-2-3-4-5-6-7-8-9-10-15-22-33-27-19-14-13-18-26(27)32-28(33)20-21-31-29(34)23-24-16-11-12-17-25(24)30/h11-14,16-19H,2-10,15,20-23H2,1H3,(H,31,34). The summed E-state index contributed by atoms with van der Waals surface area (Å²) in [5, 5.41) is 3.67. The zero-order valence-corrected chi connectivity index (χ0v) is 21.5. The zero-order chi connectivity index (χ0) is 24.0. The monoisotopic (exact) mass is 481 g/mol. The van der Waals surface area contributed by atoms with E-state index in [2.05, 4.69) is 35.0 Å². The molecule has 0 fully saturated rings. The van der Waals surface area contributed by atoms with E-state index in [0.29, 0.717) is 18.0 Å². The van der Waals surface area contributed by atoms with Gasteiger partial charge in [-0.05, 0) is 30.2 Å². The second kappa shape index (κ2) is 14.8. The number of hydrogen-bond donors (Lipinski definition) is 1. The first-order chi connectivity index (χ1) is 16.7. The van der Waals surface area contributed by atoms with Gasteiger partial charge in [0, 0.05) is 24.5 Å². The first-order valence-electron chi connectivity index (χ1n) is 13.1. The molecule has 0 bridgehead atoms. The lowest BCUT2D eigenvalue weighted by atomic mass is 10.1. The highest BCUT2D eigenvalue weighted by molar-refractivity contribution is 6.31. The van der Waals surface area contributed by atoms with Crippen LogP contribution in [-0.2, 0) is 24.2 Å². The number of fused-ring (bicyclic) bond motifs is 1. The van der Waals surface area contributed by atoms with Crippen molar-refractivity contribution in [3.63, 3.8) is 0 Å². The summed E-state index contributed by atoms with van der Waals surface area (Å²) in [5.74, 6) is 1.04. The van der Waals surface area contributed by atoms with E-state index >= 15 is 0 Å². The number of nitrogens with one attached hydrogen (secondary N) is 1. The van der Waals surface area contributed by atoms with Gasteiger partial charge in [0.25, 0.3) is 0 Å². The van der Waals surface area contributed by atoms with Gasteiger partial charge in [0.1, 0.15) is 5.82 Å². The molecule has 0 aliphatic carbocycles. The topological polar surface area (TPSA) is 46.9 Å². The lowest BCUT2D eigenvalue weighted by Gasteiger charge is -2.10. The minimum Gasteiger partial charge on any atom is -0.355 e. The average Bonchev–Trinajstić information content (AvgIpc) is 3.19. The molecule has 0 saturated carbocycles. The van der Waals surface area contributed by atoms with Crippen LogP contribution in [0.15, 0.2) is 48.5 Å². The Labute approximate surface area is 210 Å². The Hall–Kier alpha value is -2.33. The molecule has 0 spiro atoms. The van der Waals surface area contributed by atoms with Crippen LogP contribution in [0.4, 0.5) is 0 Å². The van der Waals surface area contributed by atoms with Crippen molar-refractivity contribution in [2.75, 3.05) is 6.54 Å². The van der Waals surface area contributed by atoms with Crippen molar-refractivity contribution in [1.29, 1.82) is 0 Å². The Morgan fingerprint density at radius 1 is 0.882 bits per heavy atom. The van der Waals surface area contributed by atoms with Crippen LogP contribution in [0.3, 0.4) is 0 Å². The Balaban J connectivity index is 1.44. The van der Waals surface area contributed by atoms with Crippen LogP contribution in [0.25, 0.3) is 11.0 Å². The number of aromatic nitrogens is 2. The van der Waals surface area contributed by atoms with Gasteiger partial charge in [0.15, 0.2) is 0 Å². The quantitative estimate of drug-likeness (QED) is 0.215. The highest BCUT2D eigenvalue weighted by Gasteiger charge is 2.11. The second-order valence-electron chi connectivity index (χ2n) is 9.22. The molecule has 0 atom stereocenters. The molecule has 2 aromatic carbocycles. The molecule has 5 heteroatoms. The van der Waals surface area contributed by atoms with Gasteiger partial charge >= 0.3 is 0 Å². The van der Waals surface area contributed by atoms with Crippen LogP contribution < -0.4 is 5.32 Å². The third-order valence-corrected chi connectivity index (χ3v) is 6.82. The van der Waals surface area contributed by atoms with E-state index in [0.717, 1.165) is 29.9 Å². The summed E-state index contributed by atoms with van der Waals surface area (Å²) in [7, 11) is 0. The molecule has 0 unspecified atom stereocenters. The minimum atomic E-state index is -0.00884. The van der Waals surface area contributed by atoms with Gasteiger partial charge in [-0.3, -0.25) is 4.79 Å². The number of hydrogen-bond acceptors (Lipinski definition) is 2. The summed E-state index contributed by atoms with van der Waals surface area (Å²) in [6.07, 6.45) is 14.4. The van der Waals surface area contributed by atoms with E-state index in [1.165, 1.54) is 69.7 Å². The second-order valence-corrected chi connectivity index (χ2v) is 9.63. The number of para-hydroxylation sites is 2. The van der Waals surface area contributed by atoms with Crippen LogP contribution in [0.2, 0.25) is 5.02 Å². The maximum atomic E-state index is 12.4. The van der Waals surface area contributed by atoms with Crippen LogP contribution >= 0.6 is 11.6 Å². The highest BCUT2D eigenvalue weighted by Crippen LogP contribution is 2.19. The summed E-state index contributed by atoms with van der Waals surface area (Å²) in [6, 6.07) is 15.8. The van der Waals surface area contributed by atoms with Gasteiger partial charge < -0.3 is 9.88 Å². The Kier molecular flexibility index (Phi) is 11.5. The van der Waals surface area contributed by atoms with Gasteiger partial charge in [-0.1, -0.05) is 107 Å². The summed E-state index contributed by atoms with van der Waals surface area (Å²) >= 11 is 6.18. The summed E-state index contributed by atoms with van der Waals surface area (Å²) < 4.78 is 2.35. The molecule has 1 N–H and O–H groups in total. The van der Waals surface area contributed by atoms with E-state index in [9.17, 15) is 4.79 Å². The molecule has 3 rings (SSSR count). The summed E-state index contributed by atoms with van der Waals surface area (Å²) in [6.45, 7) is 3.83. The molecule has 34 heavy (non-hydrogen) atoms. The third-order valence-electron chi connectivity index (χ3n) is 6.45. The largest absolute Gasteiger partial charge is 0.355 e. The zero-order valence-electron chi connectivity index (χ0n) is 20.7. The minimum absolute atomic E-state index is 0.00884. The predicted molar refractivity (Wildman–Crippen MR) is 143 cm³/mol. The van der Waals surface area contributed by atoms with Crippen LogP contribution in [0.1, 0.15) is 82.5 Å². The van der Waals surface area contributed by atoms with Crippen LogP contribution in [0, 0.1) is 0 Å². The van der Waals surface area contributed by atoms with E-state index < -0.39 is 0 Å². The third kappa shape index (κ3) is 8.47. The molecule has 3 aromatic rings. The lowest BCUT2D eigenvalue weighted by Crippen LogP contribution is -2.28. The number of carbonyl (C=O) groups is 1. The Morgan fingerprint density at radius 2 is 1.53 bits per heavy atom. The maximum absolute atomic E-state index is 12.4. The Morgan fingerprint density at radius 3 is 2.26 bits per heavy atom. The van der Waals surface area contributed by atoms with Crippen molar-refractivity contribution in [2.45, 2.75) is 90.5 Å². The molecular formula is C29H40ClN3O. The van der Waals surface area contributed by atoms with Crippen molar-refractivity contribution in [2.24, 2.45) is 0 Å². The number of unbranched alkanes of at least 4 members (excludes halogenated alkanes) is 9. The summed E-state index contributed by atoms with van der Waals surface area (Å²) in [4.78, 5) is 17.2. The number of imidazole rings is 1. The fourth-order valence-corrected chi connectivity index (χ4v) is 4.72. The number of amides is 1. The van der Waals surface area contributed by atoms with Gasteiger partial charge in [-0.15, -0.1) is 0 Å². The van der Waals surface area contributed by atoms with Crippen molar-refractivity contribution in [3.05, 3.63) is 64.9 Å². The lowest BCUT2D eigenvalue weighted by molar-refractivity contribution is -0.120. The molecule has 0 aliphatic heterocycles. The summed E-state index contributed by atoms with van der Waals surface area (Å²) in [5.41, 5.74) is 3.08. The van der Waals surface area contributed by atoms with Gasteiger partial charge in [-0.25, -0.2) is 4.98 Å². The first-order valence-corrected chi connectivity index (χ1v) is 13.5. The maximum Gasteiger partial charge on any atom is 0.224 e. The number of nitrogens with zero attached hydrogens (tertiary/aromatic N) is 2. The SMILES string of the molecule is CCCCCCCCCCCCn1c(CCNC(=O)Cc2ccccc2Cl)nc2ccccc21. The van der Waals surface area contributed by atoms with Crippen LogP contribution in [-0.4, -0.2) is 22.0 Å². The number of carbonyl (C=O) groups excluding carboxylic acids is 1. The predicted octanol–water partition coefficient (Wildman–Crippen LogP) is 7.51. The number of rotatable bonds is 16. The number of benzene rings is 2. The van der Waals surface area contributed by atoms with Gasteiger partial charge in [0.05, 0.1) is 17.5 Å². The highest BCUT2D eigenvalue weighted by atomic mass is 35.5. The van der Waals surface area contributed by atoms with E-state index in [4.69, 9.17) is 16.6 Å². The normalized spacial score (nSPS) is 11.2. The fourth-order valence-electron chi connectivity index (χ4n) is 4.51. The van der Waals surface area contributed by atoms with Crippen LogP contribution in [0.5, 0.6) is 0 Å². The van der Waals surface area contributed by atoms with Gasteiger partial charge in [-0.2, -0.15) is 0 Å². The average molecular weight is 482 g/mol. The molecule has 184 valence electrons. The van der Waals surface area contributed by atoms with E-state index in [1.807, 2.05) is 30.3 Å². The molecule has 0 saturated heterocycles. The number of halogens is 1. The van der Waals surface area contributed by atoms with Crippen molar-refractivity contribution in [3.8, 4) is 0 Å². The first kappa shape index (κ1) is 26.3. The van der Waals surface area contributed by atoms with Gasteiger partial charge in [0.2, 0.25) is 5.91 Å². The molecule has 1 amide bonds. The molecular weight excluding hydrogens is 442 g/mol. The Bertz CT molecular complexity index is 1010. The van der Waals surface area contributed by atoms with E-state index in [1.54, 1.807) is 0 Å². The van der Waals surface area contributed by atoms with E-state index in [-0.39, 0.29) is 5.91 Å². The van der Waals surface area contributed by atoms with Crippen molar-refractivity contribution >= 4 is 28.5 Å². The number of aryl methyl sites for hydroxylation is 1. The molecule has 1 heterocycles. The molecule has 0 aliphatic rings. The fraction of sp³-hybridized carbons (Fsp3) is 0.517. The molecule has 1 aromatic heterocycles. The van der Waals surface area contributed by atoms with Crippen molar-refractivity contribution in [1.82, 2.24) is 14.9 Å². The smallest absolute Gasteiger partial charge is 0.224 e. The molecule has 4 nitrogen and oxygen atoms in total. The van der Waals surface area contributed by atoms with Crippen molar-refractivity contribution < 1.29 is 4.79 Å². The molecule has 0 radical (unpaired) electrons.